The number of hydrogen-bond donors (Lipinski definition) is 2. The van der Waals surface area contributed by atoms with Gasteiger partial charge in [0.15, 0.2) is 0 Å². The van der Waals surface area contributed by atoms with E-state index in [-0.39, 0.29) is 0 Å². The Morgan fingerprint density at radius 3 is 2.62 bits per heavy atom. The predicted octanol–water partition coefficient (Wildman–Crippen LogP) is 3.95. The summed E-state index contributed by atoms with van der Waals surface area (Å²) in [5.74, 6) is 1.92. The van der Waals surface area contributed by atoms with Crippen LogP contribution in [0.5, 0.6) is 5.75 Å². The molecule has 7 heteroatoms. The van der Waals surface area contributed by atoms with Crippen LogP contribution in [-0.4, -0.2) is 37.3 Å². The van der Waals surface area contributed by atoms with E-state index in [0.717, 1.165) is 35.7 Å². The third-order valence-corrected chi connectivity index (χ3v) is 3.82. The Morgan fingerprint density at radius 1 is 1.12 bits per heavy atom. The summed E-state index contributed by atoms with van der Waals surface area (Å²) in [5.41, 5.74) is 2.59. The SMILES string of the molecule is COCCCNc1cc(C)nc(Nc2cc(C)c(Cl)cc2OC)n1. The molecule has 6 nitrogen and oxygen atoms in total. The maximum atomic E-state index is 6.14. The van der Waals surface area contributed by atoms with Gasteiger partial charge in [0.1, 0.15) is 11.6 Å². The molecule has 0 aliphatic rings. The second-order valence-electron chi connectivity index (χ2n) is 5.42. The van der Waals surface area contributed by atoms with Crippen LogP contribution in [0.1, 0.15) is 17.7 Å². The number of ether oxygens (including phenoxy) is 2. The van der Waals surface area contributed by atoms with Gasteiger partial charge >= 0.3 is 0 Å². The first-order valence-corrected chi connectivity index (χ1v) is 8.11. The van der Waals surface area contributed by atoms with Crippen LogP contribution in [0.25, 0.3) is 0 Å². The second-order valence-corrected chi connectivity index (χ2v) is 5.83. The minimum absolute atomic E-state index is 0.504. The molecule has 24 heavy (non-hydrogen) atoms. The van der Waals surface area contributed by atoms with Gasteiger partial charge in [-0.15, -0.1) is 0 Å². The summed E-state index contributed by atoms with van der Waals surface area (Å²) in [6.07, 6.45) is 0.909. The Kier molecular flexibility index (Phi) is 6.63. The van der Waals surface area contributed by atoms with Crippen molar-refractivity contribution in [1.82, 2.24) is 9.97 Å². The lowest BCUT2D eigenvalue weighted by molar-refractivity contribution is 0.198. The number of aromatic nitrogens is 2. The molecule has 0 aliphatic carbocycles. The van der Waals surface area contributed by atoms with Crippen molar-refractivity contribution in [3.63, 3.8) is 0 Å². The highest BCUT2D eigenvalue weighted by molar-refractivity contribution is 6.31. The number of hydrogen-bond acceptors (Lipinski definition) is 6. The first kappa shape index (κ1) is 18.3. The second kappa shape index (κ2) is 8.70. The van der Waals surface area contributed by atoms with Gasteiger partial charge in [-0.1, -0.05) is 11.6 Å². The van der Waals surface area contributed by atoms with E-state index in [1.165, 1.54) is 0 Å². The monoisotopic (exact) mass is 350 g/mol. The zero-order valence-electron chi connectivity index (χ0n) is 14.4. The lowest BCUT2D eigenvalue weighted by Gasteiger charge is -2.13. The third kappa shape index (κ3) is 4.97. The predicted molar refractivity (Wildman–Crippen MR) is 97.8 cm³/mol. The van der Waals surface area contributed by atoms with Gasteiger partial charge in [0.05, 0.1) is 12.8 Å². The molecule has 1 aromatic carbocycles. The lowest BCUT2D eigenvalue weighted by Crippen LogP contribution is -2.08. The van der Waals surface area contributed by atoms with Crippen molar-refractivity contribution in [3.05, 3.63) is 34.5 Å². The third-order valence-electron chi connectivity index (χ3n) is 3.41. The van der Waals surface area contributed by atoms with Gasteiger partial charge in [-0.3, -0.25) is 0 Å². The first-order valence-electron chi connectivity index (χ1n) is 7.73. The van der Waals surface area contributed by atoms with Crippen LogP contribution in [0.2, 0.25) is 5.02 Å². The molecule has 2 N–H and O–H groups in total. The summed E-state index contributed by atoms with van der Waals surface area (Å²) < 4.78 is 10.4. The number of nitrogens with one attached hydrogen (secondary N) is 2. The molecule has 0 aliphatic heterocycles. The van der Waals surface area contributed by atoms with Gasteiger partial charge in [0.2, 0.25) is 5.95 Å². The molecular formula is C17H23ClN4O2. The van der Waals surface area contributed by atoms with Crippen molar-refractivity contribution in [2.75, 3.05) is 38.0 Å². The van der Waals surface area contributed by atoms with Gasteiger partial charge in [0, 0.05) is 43.1 Å². The Balaban J connectivity index is 2.17. The highest BCUT2D eigenvalue weighted by Gasteiger charge is 2.10. The van der Waals surface area contributed by atoms with Crippen molar-refractivity contribution < 1.29 is 9.47 Å². The summed E-state index contributed by atoms with van der Waals surface area (Å²) >= 11 is 6.14. The maximum absolute atomic E-state index is 6.14. The zero-order valence-corrected chi connectivity index (χ0v) is 15.2. The molecule has 0 unspecified atom stereocenters. The molecule has 2 rings (SSSR count). The number of anilines is 3. The van der Waals surface area contributed by atoms with Crippen LogP contribution in [0, 0.1) is 13.8 Å². The molecule has 0 atom stereocenters. The summed E-state index contributed by atoms with van der Waals surface area (Å²) in [6.45, 7) is 5.36. The van der Waals surface area contributed by atoms with E-state index >= 15 is 0 Å². The fourth-order valence-corrected chi connectivity index (χ4v) is 2.35. The highest BCUT2D eigenvalue weighted by atomic mass is 35.5. The molecule has 1 aromatic heterocycles. The molecular weight excluding hydrogens is 328 g/mol. The largest absolute Gasteiger partial charge is 0.495 e. The summed E-state index contributed by atoms with van der Waals surface area (Å²) in [7, 11) is 3.30. The molecule has 0 saturated carbocycles. The van der Waals surface area contributed by atoms with E-state index in [2.05, 4.69) is 20.6 Å². The van der Waals surface area contributed by atoms with Crippen LogP contribution >= 0.6 is 11.6 Å². The standard InChI is InChI=1S/C17H23ClN4O2/c1-11-8-14(15(24-4)10-13(11)18)21-17-20-12(2)9-16(22-17)19-6-5-7-23-3/h8-10H,5-7H2,1-4H3,(H2,19,20,21,22). The molecule has 0 spiro atoms. The molecule has 2 aromatic rings. The van der Waals surface area contributed by atoms with Gasteiger partial charge in [0.25, 0.3) is 0 Å². The van der Waals surface area contributed by atoms with Crippen LogP contribution in [0.15, 0.2) is 18.2 Å². The molecule has 0 bridgehead atoms. The van der Waals surface area contributed by atoms with E-state index in [0.29, 0.717) is 23.3 Å². The number of benzene rings is 1. The van der Waals surface area contributed by atoms with Gasteiger partial charge < -0.3 is 20.1 Å². The van der Waals surface area contributed by atoms with E-state index in [9.17, 15) is 0 Å². The van der Waals surface area contributed by atoms with Crippen molar-refractivity contribution in [1.29, 1.82) is 0 Å². The van der Waals surface area contributed by atoms with Crippen molar-refractivity contribution in [2.24, 2.45) is 0 Å². The molecule has 0 radical (unpaired) electrons. The smallest absolute Gasteiger partial charge is 0.229 e. The van der Waals surface area contributed by atoms with Gasteiger partial charge in [-0.2, -0.15) is 4.98 Å². The minimum Gasteiger partial charge on any atom is -0.495 e. The number of methoxy groups -OCH3 is 2. The Bertz CT molecular complexity index is 695. The number of halogens is 1. The molecule has 0 amide bonds. The van der Waals surface area contributed by atoms with Crippen LogP contribution in [0.3, 0.4) is 0 Å². The van der Waals surface area contributed by atoms with E-state index < -0.39 is 0 Å². The molecule has 0 saturated heterocycles. The molecule has 130 valence electrons. The van der Waals surface area contributed by atoms with Crippen LogP contribution in [-0.2, 0) is 4.74 Å². The van der Waals surface area contributed by atoms with Crippen molar-refractivity contribution in [3.8, 4) is 5.75 Å². The van der Waals surface area contributed by atoms with Crippen molar-refractivity contribution in [2.45, 2.75) is 20.3 Å². The topological polar surface area (TPSA) is 68.3 Å². The molecule has 0 fully saturated rings. The minimum atomic E-state index is 0.504. The Hall–Kier alpha value is -2.05. The molecule has 1 heterocycles. The quantitative estimate of drug-likeness (QED) is 0.703. The number of nitrogens with zero attached hydrogens (tertiary/aromatic N) is 2. The van der Waals surface area contributed by atoms with Crippen LogP contribution < -0.4 is 15.4 Å². The first-order chi connectivity index (χ1) is 11.5. The van der Waals surface area contributed by atoms with Crippen LogP contribution in [0.4, 0.5) is 17.5 Å². The fraction of sp³-hybridized carbons (Fsp3) is 0.412. The van der Waals surface area contributed by atoms with E-state index in [1.54, 1.807) is 20.3 Å². The average Bonchev–Trinajstić information content (AvgIpc) is 2.54. The van der Waals surface area contributed by atoms with E-state index in [4.69, 9.17) is 21.1 Å². The Morgan fingerprint density at radius 2 is 1.92 bits per heavy atom. The summed E-state index contributed by atoms with van der Waals surface area (Å²) in [6, 6.07) is 5.60. The van der Waals surface area contributed by atoms with E-state index in [1.807, 2.05) is 26.0 Å². The Labute approximate surface area is 147 Å². The number of rotatable bonds is 8. The average molecular weight is 351 g/mol. The highest BCUT2D eigenvalue weighted by Crippen LogP contribution is 2.32. The normalized spacial score (nSPS) is 10.5. The fourth-order valence-electron chi connectivity index (χ4n) is 2.20. The van der Waals surface area contributed by atoms with Gasteiger partial charge in [-0.05, 0) is 31.9 Å². The zero-order chi connectivity index (χ0) is 17.5. The van der Waals surface area contributed by atoms with Gasteiger partial charge in [-0.25, -0.2) is 4.98 Å². The van der Waals surface area contributed by atoms with Crippen molar-refractivity contribution >= 4 is 29.1 Å². The number of aryl methyl sites for hydroxylation is 2. The summed E-state index contributed by atoms with van der Waals surface area (Å²) in [5, 5.41) is 7.13. The lowest BCUT2D eigenvalue weighted by atomic mass is 10.2. The summed E-state index contributed by atoms with van der Waals surface area (Å²) in [4.78, 5) is 8.92. The maximum Gasteiger partial charge on any atom is 0.229 e.